The normalized spacial score (nSPS) is 25.6. The van der Waals surface area contributed by atoms with Crippen molar-refractivity contribution in [1.29, 1.82) is 0 Å². The minimum Gasteiger partial charge on any atom is -0.363 e. The van der Waals surface area contributed by atoms with Gasteiger partial charge in [0.1, 0.15) is 23.4 Å². The Morgan fingerprint density at radius 3 is 2.78 bits per heavy atom. The molecule has 4 atom stereocenters. The van der Waals surface area contributed by atoms with E-state index in [1.165, 1.54) is 6.20 Å². The van der Waals surface area contributed by atoms with Gasteiger partial charge in [0, 0.05) is 0 Å². The molecule has 0 unspecified atom stereocenters. The lowest BCUT2D eigenvalue weighted by atomic mass is 9.92. The molecular weight excluding hydrogens is 435 g/mol. The number of nitrogens with one attached hydrogen (secondary N) is 2. The second kappa shape index (κ2) is 7.87. The van der Waals surface area contributed by atoms with E-state index in [1.807, 2.05) is 0 Å². The molecule has 4 heterocycles. The third-order valence-electron chi connectivity index (χ3n) is 6.14. The molecule has 1 aliphatic carbocycles. The number of anilines is 1. The second-order valence-electron chi connectivity index (χ2n) is 8.09. The Balaban J connectivity index is 1.37. The van der Waals surface area contributed by atoms with Crippen molar-refractivity contribution in [2.24, 2.45) is 11.8 Å². The molecule has 1 saturated carbocycles. The maximum Gasteiger partial charge on any atom is 0.433 e. The summed E-state index contributed by atoms with van der Waals surface area (Å²) >= 11 is 0. The topological polar surface area (TPSA) is 93.4 Å². The molecule has 2 N–H and O–H groups in total. The van der Waals surface area contributed by atoms with Gasteiger partial charge >= 0.3 is 6.18 Å². The van der Waals surface area contributed by atoms with Crippen molar-refractivity contribution in [1.82, 2.24) is 35.0 Å². The van der Waals surface area contributed by atoms with Crippen molar-refractivity contribution in [2.45, 2.75) is 37.5 Å². The van der Waals surface area contributed by atoms with Crippen LogP contribution >= 0.6 is 0 Å². The summed E-state index contributed by atoms with van der Waals surface area (Å²) in [7, 11) is 0. The zero-order valence-corrected chi connectivity index (χ0v) is 16.6. The quantitative estimate of drug-likeness (QED) is 0.572. The standard InChI is InChI=1S/C19H19F5N8/c20-15(21)6-26-16-7-25-13-5-30-32(18(13)31-16)10-1-9-4-27-17(11(9)2-10)12-3-14(19(22,23)24)29-8-28-12/h3,5,7-11,15,17,27H,1-2,4,6H2,(H,26,31)/t9-,10+,11+,17+/m1/s1. The van der Waals surface area contributed by atoms with Crippen molar-refractivity contribution in [3.8, 4) is 0 Å². The molecule has 5 rings (SSSR count). The molecule has 3 aromatic heterocycles. The zero-order valence-electron chi connectivity index (χ0n) is 16.6. The van der Waals surface area contributed by atoms with E-state index in [9.17, 15) is 22.0 Å². The van der Waals surface area contributed by atoms with Crippen molar-refractivity contribution in [2.75, 3.05) is 18.4 Å². The predicted octanol–water partition coefficient (Wildman–Crippen LogP) is 3.22. The van der Waals surface area contributed by atoms with Crippen LogP contribution in [-0.2, 0) is 6.18 Å². The average molecular weight is 454 g/mol. The van der Waals surface area contributed by atoms with Crippen LogP contribution < -0.4 is 10.6 Å². The average Bonchev–Trinajstić information content (AvgIpc) is 3.45. The molecule has 0 bridgehead atoms. The molecule has 0 aromatic carbocycles. The molecule has 32 heavy (non-hydrogen) atoms. The van der Waals surface area contributed by atoms with Crippen LogP contribution in [0.25, 0.3) is 11.2 Å². The van der Waals surface area contributed by atoms with Gasteiger partial charge in [-0.15, -0.1) is 0 Å². The van der Waals surface area contributed by atoms with Crippen LogP contribution in [0.3, 0.4) is 0 Å². The van der Waals surface area contributed by atoms with E-state index in [2.05, 4.69) is 35.7 Å². The number of hydrogen-bond donors (Lipinski definition) is 2. The number of nitrogens with zero attached hydrogens (tertiary/aromatic N) is 6. The molecule has 8 nitrogen and oxygen atoms in total. The lowest BCUT2D eigenvalue weighted by Crippen LogP contribution is -2.22. The lowest BCUT2D eigenvalue weighted by molar-refractivity contribution is -0.141. The summed E-state index contributed by atoms with van der Waals surface area (Å²) in [5.41, 5.74) is 0.397. The molecule has 2 fully saturated rings. The fourth-order valence-electron chi connectivity index (χ4n) is 4.77. The Kier molecular flexibility index (Phi) is 5.14. The number of rotatable bonds is 5. The van der Waals surface area contributed by atoms with Gasteiger partial charge in [-0.1, -0.05) is 0 Å². The highest BCUT2D eigenvalue weighted by molar-refractivity contribution is 5.71. The fourth-order valence-corrected chi connectivity index (χ4v) is 4.77. The number of fused-ring (bicyclic) bond motifs is 2. The predicted molar refractivity (Wildman–Crippen MR) is 103 cm³/mol. The van der Waals surface area contributed by atoms with Gasteiger partial charge in [0.2, 0.25) is 0 Å². The van der Waals surface area contributed by atoms with Gasteiger partial charge in [0.25, 0.3) is 6.43 Å². The Hall–Kier alpha value is -2.96. The van der Waals surface area contributed by atoms with E-state index >= 15 is 0 Å². The van der Waals surface area contributed by atoms with Crippen molar-refractivity contribution >= 4 is 17.0 Å². The van der Waals surface area contributed by atoms with E-state index in [4.69, 9.17) is 0 Å². The van der Waals surface area contributed by atoms with E-state index in [0.29, 0.717) is 29.8 Å². The van der Waals surface area contributed by atoms with Crippen LogP contribution in [0, 0.1) is 11.8 Å². The Bertz CT molecular complexity index is 1120. The van der Waals surface area contributed by atoms with Crippen LogP contribution in [-0.4, -0.2) is 49.2 Å². The van der Waals surface area contributed by atoms with Crippen LogP contribution in [0.1, 0.15) is 36.3 Å². The molecule has 1 aliphatic heterocycles. The molecule has 0 amide bonds. The zero-order chi connectivity index (χ0) is 22.5. The summed E-state index contributed by atoms with van der Waals surface area (Å²) in [4.78, 5) is 16.1. The Labute approximate surface area is 178 Å². The monoisotopic (exact) mass is 454 g/mol. The highest BCUT2D eigenvalue weighted by atomic mass is 19.4. The molecule has 2 aliphatic rings. The van der Waals surface area contributed by atoms with E-state index in [-0.39, 0.29) is 29.7 Å². The molecule has 13 heteroatoms. The first-order valence-electron chi connectivity index (χ1n) is 10.1. The van der Waals surface area contributed by atoms with E-state index in [1.54, 1.807) is 10.9 Å². The number of aromatic nitrogens is 6. The first-order valence-corrected chi connectivity index (χ1v) is 10.1. The largest absolute Gasteiger partial charge is 0.433 e. The van der Waals surface area contributed by atoms with E-state index < -0.39 is 24.8 Å². The van der Waals surface area contributed by atoms with Crippen LogP contribution in [0.2, 0.25) is 0 Å². The van der Waals surface area contributed by atoms with Crippen molar-refractivity contribution in [3.05, 3.63) is 36.2 Å². The first kappa shape index (κ1) is 20.9. The minimum absolute atomic E-state index is 0.0318. The van der Waals surface area contributed by atoms with Crippen molar-refractivity contribution in [3.63, 3.8) is 0 Å². The summed E-state index contributed by atoms with van der Waals surface area (Å²) in [6, 6.07) is 0.657. The van der Waals surface area contributed by atoms with Crippen LogP contribution in [0.5, 0.6) is 0 Å². The highest BCUT2D eigenvalue weighted by Crippen LogP contribution is 2.49. The number of hydrogen-bond acceptors (Lipinski definition) is 7. The van der Waals surface area contributed by atoms with Gasteiger partial charge in [-0.05, 0) is 37.3 Å². The Morgan fingerprint density at radius 1 is 1.16 bits per heavy atom. The van der Waals surface area contributed by atoms with Crippen LogP contribution in [0.15, 0.2) is 24.8 Å². The smallest absolute Gasteiger partial charge is 0.363 e. The van der Waals surface area contributed by atoms with Gasteiger partial charge in [-0.3, -0.25) is 0 Å². The van der Waals surface area contributed by atoms with Gasteiger partial charge in [0.15, 0.2) is 5.65 Å². The summed E-state index contributed by atoms with van der Waals surface area (Å²) in [5.74, 6) is 0.544. The summed E-state index contributed by atoms with van der Waals surface area (Å²) in [6.45, 7) is 0.122. The summed E-state index contributed by atoms with van der Waals surface area (Å²) in [6.07, 6.45) is -1.72. The molecule has 3 aromatic rings. The molecule has 1 saturated heterocycles. The maximum absolute atomic E-state index is 13.1. The SMILES string of the molecule is FC(F)CNc1cnc2cnn([C@H]3C[C@@H]4CN[C@H](c5cc(C(F)(F)F)ncn5)[C@H]4C3)c2n1. The van der Waals surface area contributed by atoms with Gasteiger partial charge in [-0.2, -0.15) is 18.3 Å². The molecule has 170 valence electrons. The van der Waals surface area contributed by atoms with Gasteiger partial charge < -0.3 is 10.6 Å². The van der Waals surface area contributed by atoms with Crippen molar-refractivity contribution < 1.29 is 22.0 Å². The van der Waals surface area contributed by atoms with Gasteiger partial charge in [0.05, 0.1) is 36.7 Å². The lowest BCUT2D eigenvalue weighted by Gasteiger charge is -2.20. The maximum atomic E-state index is 13.1. The molecule has 0 spiro atoms. The summed E-state index contributed by atoms with van der Waals surface area (Å²) in [5, 5.41) is 10.3. The van der Waals surface area contributed by atoms with Gasteiger partial charge in [-0.25, -0.2) is 33.4 Å². The number of alkyl halides is 5. The molecular formula is C19H19F5N8. The highest BCUT2D eigenvalue weighted by Gasteiger charge is 2.46. The Morgan fingerprint density at radius 2 is 2.00 bits per heavy atom. The second-order valence-corrected chi connectivity index (χ2v) is 8.09. The fraction of sp³-hybridized carbons (Fsp3) is 0.526. The minimum atomic E-state index is -4.53. The van der Waals surface area contributed by atoms with E-state index in [0.717, 1.165) is 18.8 Å². The summed E-state index contributed by atoms with van der Waals surface area (Å²) < 4.78 is 65.9. The van der Waals surface area contributed by atoms with Crippen LogP contribution in [0.4, 0.5) is 27.8 Å². The third kappa shape index (κ3) is 3.85. The third-order valence-corrected chi connectivity index (χ3v) is 6.14. The first-order chi connectivity index (χ1) is 15.3. The molecule has 0 radical (unpaired) electrons. The number of halogens is 5.